The van der Waals surface area contributed by atoms with E-state index in [0.717, 1.165) is 24.2 Å². The molecule has 0 atom stereocenters. The zero-order chi connectivity index (χ0) is 17.4. The van der Waals surface area contributed by atoms with Crippen molar-refractivity contribution in [2.24, 2.45) is 0 Å². The highest BCUT2D eigenvalue weighted by Gasteiger charge is 2.00. The standard InChI is InChI=1S/C19H19Cl2NO2/c1-24-17-9-4-14(5-10-17)3-2-12-22-19(23)11-7-15-6-8-16(20)13-18(15)21/h4-11,13H,2-3,12H2,1H3,(H,22,23)/b11-7+. The van der Waals surface area contributed by atoms with Crippen molar-refractivity contribution in [1.82, 2.24) is 5.32 Å². The van der Waals surface area contributed by atoms with E-state index in [1.807, 2.05) is 24.3 Å². The first-order valence-corrected chi connectivity index (χ1v) is 8.38. The SMILES string of the molecule is COc1ccc(CCCNC(=O)/C=C/c2ccc(Cl)cc2Cl)cc1. The van der Waals surface area contributed by atoms with Crippen LogP contribution in [-0.4, -0.2) is 19.6 Å². The predicted octanol–water partition coefficient (Wildman–Crippen LogP) is 4.76. The lowest BCUT2D eigenvalue weighted by molar-refractivity contribution is -0.116. The van der Waals surface area contributed by atoms with Crippen LogP contribution in [0.3, 0.4) is 0 Å². The summed E-state index contributed by atoms with van der Waals surface area (Å²) in [6, 6.07) is 13.1. The van der Waals surface area contributed by atoms with Crippen molar-refractivity contribution in [3.05, 3.63) is 69.7 Å². The highest BCUT2D eigenvalue weighted by Crippen LogP contribution is 2.21. The Morgan fingerprint density at radius 2 is 1.92 bits per heavy atom. The van der Waals surface area contributed by atoms with Crippen LogP contribution in [0.25, 0.3) is 6.08 Å². The molecule has 0 spiro atoms. The predicted molar refractivity (Wildman–Crippen MR) is 99.8 cm³/mol. The van der Waals surface area contributed by atoms with Gasteiger partial charge in [-0.05, 0) is 54.3 Å². The molecule has 0 aliphatic carbocycles. The third-order valence-electron chi connectivity index (χ3n) is 3.48. The summed E-state index contributed by atoms with van der Waals surface area (Å²) in [7, 11) is 1.65. The molecule has 0 saturated heterocycles. The maximum absolute atomic E-state index is 11.8. The molecule has 0 heterocycles. The lowest BCUT2D eigenvalue weighted by Gasteiger charge is -2.04. The Bertz CT molecular complexity index is 712. The summed E-state index contributed by atoms with van der Waals surface area (Å²) in [5.41, 5.74) is 1.97. The van der Waals surface area contributed by atoms with Crippen LogP contribution in [0.2, 0.25) is 10.0 Å². The largest absolute Gasteiger partial charge is 0.497 e. The van der Waals surface area contributed by atoms with Gasteiger partial charge >= 0.3 is 0 Å². The summed E-state index contributed by atoms with van der Waals surface area (Å²) >= 11 is 11.9. The van der Waals surface area contributed by atoms with E-state index < -0.39 is 0 Å². The molecule has 126 valence electrons. The molecule has 1 amide bonds. The van der Waals surface area contributed by atoms with Gasteiger partial charge in [0, 0.05) is 22.7 Å². The number of amides is 1. The van der Waals surface area contributed by atoms with Gasteiger partial charge in [0.15, 0.2) is 0 Å². The third-order valence-corrected chi connectivity index (χ3v) is 4.04. The Labute approximate surface area is 152 Å². The molecule has 2 aromatic carbocycles. The van der Waals surface area contributed by atoms with Gasteiger partial charge in [-0.2, -0.15) is 0 Å². The average molecular weight is 364 g/mol. The van der Waals surface area contributed by atoms with Crippen molar-refractivity contribution in [1.29, 1.82) is 0 Å². The highest BCUT2D eigenvalue weighted by atomic mass is 35.5. The number of ether oxygens (including phenoxy) is 1. The second-order valence-corrected chi connectivity index (χ2v) is 6.09. The van der Waals surface area contributed by atoms with Crippen LogP contribution < -0.4 is 10.1 Å². The normalized spacial score (nSPS) is 10.8. The Balaban J connectivity index is 1.73. The summed E-state index contributed by atoms with van der Waals surface area (Å²) in [6.07, 6.45) is 4.92. The molecule has 0 fully saturated rings. The van der Waals surface area contributed by atoms with E-state index in [1.54, 1.807) is 31.4 Å². The number of rotatable bonds is 7. The first kappa shape index (κ1) is 18.4. The number of benzene rings is 2. The smallest absolute Gasteiger partial charge is 0.244 e. The van der Waals surface area contributed by atoms with E-state index in [-0.39, 0.29) is 5.91 Å². The quantitative estimate of drug-likeness (QED) is 0.568. The Hall–Kier alpha value is -1.97. The molecule has 0 aliphatic rings. The highest BCUT2D eigenvalue weighted by molar-refractivity contribution is 6.35. The van der Waals surface area contributed by atoms with Gasteiger partial charge in [-0.3, -0.25) is 4.79 Å². The zero-order valence-corrected chi connectivity index (χ0v) is 14.9. The fraction of sp³-hybridized carbons (Fsp3) is 0.211. The average Bonchev–Trinajstić information content (AvgIpc) is 2.58. The molecule has 1 N–H and O–H groups in total. The molecule has 0 saturated carbocycles. The van der Waals surface area contributed by atoms with E-state index in [0.29, 0.717) is 16.6 Å². The topological polar surface area (TPSA) is 38.3 Å². The van der Waals surface area contributed by atoms with Crippen LogP contribution in [0.5, 0.6) is 5.75 Å². The Morgan fingerprint density at radius 1 is 1.17 bits per heavy atom. The minimum atomic E-state index is -0.143. The van der Waals surface area contributed by atoms with Crippen molar-refractivity contribution in [3.8, 4) is 5.75 Å². The van der Waals surface area contributed by atoms with E-state index in [2.05, 4.69) is 5.32 Å². The van der Waals surface area contributed by atoms with Crippen molar-refractivity contribution in [2.75, 3.05) is 13.7 Å². The summed E-state index contributed by atoms with van der Waals surface area (Å²) in [5.74, 6) is 0.703. The van der Waals surface area contributed by atoms with Crippen LogP contribution in [0.4, 0.5) is 0 Å². The molecule has 0 unspecified atom stereocenters. The number of hydrogen-bond acceptors (Lipinski definition) is 2. The van der Waals surface area contributed by atoms with Gasteiger partial charge in [-0.15, -0.1) is 0 Å². The molecule has 2 aromatic rings. The Kier molecular flexibility index (Phi) is 7.16. The number of methoxy groups -OCH3 is 1. The van der Waals surface area contributed by atoms with Crippen LogP contribution >= 0.6 is 23.2 Å². The maximum Gasteiger partial charge on any atom is 0.244 e. The number of carbonyl (C=O) groups is 1. The molecule has 0 aromatic heterocycles. The van der Waals surface area contributed by atoms with Crippen molar-refractivity contribution < 1.29 is 9.53 Å². The second-order valence-electron chi connectivity index (χ2n) is 5.24. The molecule has 0 radical (unpaired) electrons. The van der Waals surface area contributed by atoms with Gasteiger partial charge in [0.2, 0.25) is 5.91 Å². The van der Waals surface area contributed by atoms with Crippen molar-refractivity contribution in [3.63, 3.8) is 0 Å². The van der Waals surface area contributed by atoms with Gasteiger partial charge in [0.1, 0.15) is 5.75 Å². The van der Waals surface area contributed by atoms with Gasteiger partial charge in [0.25, 0.3) is 0 Å². The van der Waals surface area contributed by atoms with Crippen molar-refractivity contribution >= 4 is 35.2 Å². The fourth-order valence-electron chi connectivity index (χ4n) is 2.16. The Morgan fingerprint density at radius 3 is 2.58 bits per heavy atom. The molecule has 2 rings (SSSR count). The van der Waals surface area contributed by atoms with Gasteiger partial charge in [-0.1, -0.05) is 41.4 Å². The van der Waals surface area contributed by atoms with E-state index >= 15 is 0 Å². The molecular formula is C19H19Cl2NO2. The minimum Gasteiger partial charge on any atom is -0.497 e. The van der Waals surface area contributed by atoms with Crippen LogP contribution in [0.1, 0.15) is 17.5 Å². The molecular weight excluding hydrogens is 345 g/mol. The van der Waals surface area contributed by atoms with Crippen LogP contribution in [0, 0.1) is 0 Å². The monoisotopic (exact) mass is 363 g/mol. The number of hydrogen-bond donors (Lipinski definition) is 1. The van der Waals surface area contributed by atoms with Crippen molar-refractivity contribution in [2.45, 2.75) is 12.8 Å². The van der Waals surface area contributed by atoms with Gasteiger partial charge < -0.3 is 10.1 Å². The maximum atomic E-state index is 11.8. The number of halogens is 2. The number of aryl methyl sites for hydroxylation is 1. The first-order valence-electron chi connectivity index (χ1n) is 7.62. The van der Waals surface area contributed by atoms with E-state index in [4.69, 9.17) is 27.9 Å². The zero-order valence-electron chi connectivity index (χ0n) is 13.4. The summed E-state index contributed by atoms with van der Waals surface area (Å²) in [6.45, 7) is 0.615. The lowest BCUT2D eigenvalue weighted by Crippen LogP contribution is -2.22. The molecule has 0 bridgehead atoms. The van der Waals surface area contributed by atoms with Gasteiger partial charge in [-0.25, -0.2) is 0 Å². The fourth-order valence-corrected chi connectivity index (χ4v) is 2.63. The van der Waals surface area contributed by atoms with Crippen LogP contribution in [0.15, 0.2) is 48.5 Å². The summed E-state index contributed by atoms with van der Waals surface area (Å²) in [5, 5.41) is 3.95. The minimum absolute atomic E-state index is 0.143. The molecule has 3 nitrogen and oxygen atoms in total. The summed E-state index contributed by atoms with van der Waals surface area (Å²) < 4.78 is 5.12. The third kappa shape index (κ3) is 5.91. The summed E-state index contributed by atoms with van der Waals surface area (Å²) in [4.78, 5) is 11.8. The van der Waals surface area contributed by atoms with E-state index in [1.165, 1.54) is 11.6 Å². The van der Waals surface area contributed by atoms with Gasteiger partial charge in [0.05, 0.1) is 7.11 Å². The van der Waals surface area contributed by atoms with E-state index in [9.17, 15) is 4.79 Å². The first-order chi connectivity index (χ1) is 11.6. The number of nitrogens with one attached hydrogen (secondary N) is 1. The molecule has 0 aliphatic heterocycles. The second kappa shape index (κ2) is 9.36. The molecule has 24 heavy (non-hydrogen) atoms. The molecule has 5 heteroatoms. The lowest BCUT2D eigenvalue weighted by atomic mass is 10.1. The number of carbonyl (C=O) groups excluding carboxylic acids is 1. The van der Waals surface area contributed by atoms with Crippen LogP contribution in [-0.2, 0) is 11.2 Å².